The van der Waals surface area contributed by atoms with Gasteiger partial charge in [0.15, 0.2) is 0 Å². The number of amides is 1. The Morgan fingerprint density at radius 3 is 2.59 bits per heavy atom. The number of carbonyl (C=O) groups excluding carboxylic acids is 1. The minimum atomic E-state index is -0.599. The van der Waals surface area contributed by atoms with Crippen LogP contribution in [-0.4, -0.2) is 10.9 Å². The Labute approximate surface area is 162 Å². The van der Waals surface area contributed by atoms with Crippen LogP contribution in [0.4, 0.5) is 0 Å². The molecule has 6 heteroatoms. The number of hydrogen-bond donors (Lipinski definition) is 1. The van der Waals surface area contributed by atoms with Crippen LogP contribution < -0.4 is 10.9 Å². The van der Waals surface area contributed by atoms with Crippen molar-refractivity contribution in [1.29, 1.82) is 0 Å². The van der Waals surface area contributed by atoms with Gasteiger partial charge >= 0.3 is 5.63 Å². The molecule has 2 heterocycles. The molecule has 0 spiro atoms. The second-order valence-corrected chi connectivity index (χ2v) is 7.46. The van der Waals surface area contributed by atoms with Gasteiger partial charge < -0.3 is 9.73 Å². The smallest absolute Gasteiger partial charge is 0.349 e. The molecule has 5 nitrogen and oxygen atoms in total. The number of thiazole rings is 1. The topological polar surface area (TPSA) is 72.2 Å². The lowest BCUT2D eigenvalue weighted by Gasteiger charge is -2.12. The number of hydrogen-bond acceptors (Lipinski definition) is 5. The minimum Gasteiger partial charge on any atom is -0.427 e. The van der Waals surface area contributed by atoms with Gasteiger partial charge in [0.25, 0.3) is 5.91 Å². The van der Waals surface area contributed by atoms with Gasteiger partial charge in [-0.3, -0.25) is 4.79 Å². The van der Waals surface area contributed by atoms with Crippen LogP contribution in [0.3, 0.4) is 0 Å². The molecule has 0 saturated carbocycles. The van der Waals surface area contributed by atoms with Crippen molar-refractivity contribution >= 4 is 17.2 Å². The molecule has 1 aromatic carbocycles. The van der Waals surface area contributed by atoms with Gasteiger partial charge in [0, 0.05) is 17.5 Å². The van der Waals surface area contributed by atoms with E-state index in [4.69, 9.17) is 4.42 Å². The molecule has 0 fully saturated rings. The average Bonchev–Trinajstić information content (AvgIpc) is 3.07. The summed E-state index contributed by atoms with van der Waals surface area (Å²) in [4.78, 5) is 29.3. The first kappa shape index (κ1) is 19.0. The zero-order valence-corrected chi connectivity index (χ0v) is 16.4. The highest BCUT2D eigenvalue weighted by atomic mass is 32.1. The largest absolute Gasteiger partial charge is 0.427 e. The van der Waals surface area contributed by atoms with E-state index in [0.717, 1.165) is 17.1 Å². The molecule has 0 aliphatic rings. The second-order valence-electron chi connectivity index (χ2n) is 6.57. The Kier molecular flexibility index (Phi) is 5.86. The summed E-state index contributed by atoms with van der Waals surface area (Å²) < 4.78 is 5.39. The first-order valence-electron chi connectivity index (χ1n) is 8.84. The van der Waals surface area contributed by atoms with Gasteiger partial charge in [-0.25, -0.2) is 9.78 Å². The van der Waals surface area contributed by atoms with E-state index in [1.807, 2.05) is 49.6 Å². The molecule has 27 heavy (non-hydrogen) atoms. The summed E-state index contributed by atoms with van der Waals surface area (Å²) in [6.45, 7) is 5.51. The van der Waals surface area contributed by atoms with Gasteiger partial charge in [-0.05, 0) is 44.4 Å². The summed E-state index contributed by atoms with van der Waals surface area (Å²) >= 11 is 1.48. The fourth-order valence-corrected chi connectivity index (χ4v) is 3.69. The number of nitrogens with one attached hydrogen (secondary N) is 1. The fraction of sp³-hybridized carbons (Fsp3) is 0.286. The molecule has 1 N–H and O–H groups in total. The van der Waals surface area contributed by atoms with E-state index in [1.54, 1.807) is 13.0 Å². The standard InChI is InChI=1S/C21H22N2O3S/c1-13-11-17(10-9-16-7-5-4-6-8-16)26-21(25)18(13)19(24)23-15(3)20-22-14(2)12-27-20/h4-8,11-12,15H,9-10H2,1-3H3,(H,23,24). The van der Waals surface area contributed by atoms with Crippen LogP contribution in [0.1, 0.15) is 50.9 Å². The monoisotopic (exact) mass is 382 g/mol. The zero-order valence-electron chi connectivity index (χ0n) is 15.6. The first-order valence-corrected chi connectivity index (χ1v) is 9.72. The van der Waals surface area contributed by atoms with Crippen molar-refractivity contribution in [1.82, 2.24) is 10.3 Å². The van der Waals surface area contributed by atoms with E-state index in [9.17, 15) is 9.59 Å². The molecule has 0 aliphatic heterocycles. The molecule has 3 aromatic rings. The first-order chi connectivity index (χ1) is 12.9. The van der Waals surface area contributed by atoms with Crippen molar-refractivity contribution in [3.05, 3.63) is 85.4 Å². The third-order valence-electron chi connectivity index (χ3n) is 4.28. The summed E-state index contributed by atoms with van der Waals surface area (Å²) in [5.41, 5.74) is 2.16. The molecule has 1 amide bonds. The molecule has 0 aliphatic carbocycles. The lowest BCUT2D eigenvalue weighted by molar-refractivity contribution is 0.0934. The molecule has 0 saturated heterocycles. The maximum atomic E-state index is 12.6. The van der Waals surface area contributed by atoms with Gasteiger partial charge in [0.05, 0.1) is 6.04 Å². The van der Waals surface area contributed by atoms with E-state index in [-0.39, 0.29) is 11.6 Å². The van der Waals surface area contributed by atoms with Crippen molar-refractivity contribution in [3.63, 3.8) is 0 Å². The van der Waals surface area contributed by atoms with Crippen LogP contribution in [0.15, 0.2) is 51.0 Å². The Morgan fingerprint density at radius 2 is 1.96 bits per heavy atom. The fourth-order valence-electron chi connectivity index (χ4n) is 2.88. The van der Waals surface area contributed by atoms with Crippen molar-refractivity contribution in [2.24, 2.45) is 0 Å². The highest BCUT2D eigenvalue weighted by Crippen LogP contribution is 2.18. The van der Waals surface area contributed by atoms with Crippen molar-refractivity contribution in [2.45, 2.75) is 39.7 Å². The van der Waals surface area contributed by atoms with Gasteiger partial charge in [-0.1, -0.05) is 30.3 Å². The average molecular weight is 382 g/mol. The molecular weight excluding hydrogens is 360 g/mol. The molecule has 1 atom stereocenters. The highest BCUT2D eigenvalue weighted by Gasteiger charge is 2.20. The second kappa shape index (κ2) is 8.31. The third kappa shape index (κ3) is 4.71. The molecule has 1 unspecified atom stereocenters. The van der Waals surface area contributed by atoms with E-state index in [1.165, 1.54) is 16.9 Å². The van der Waals surface area contributed by atoms with Gasteiger partial charge in [0.2, 0.25) is 0 Å². The number of benzene rings is 1. The summed E-state index contributed by atoms with van der Waals surface area (Å²) in [6.07, 6.45) is 1.38. The maximum absolute atomic E-state index is 12.6. The number of rotatable bonds is 6. The van der Waals surface area contributed by atoms with Gasteiger partial charge in [0.1, 0.15) is 16.3 Å². The minimum absolute atomic E-state index is 0.0542. The van der Waals surface area contributed by atoms with E-state index in [0.29, 0.717) is 17.7 Å². The maximum Gasteiger partial charge on any atom is 0.349 e. The molecule has 0 bridgehead atoms. The van der Waals surface area contributed by atoms with Crippen LogP contribution in [0.5, 0.6) is 0 Å². The van der Waals surface area contributed by atoms with E-state index < -0.39 is 11.5 Å². The number of carbonyl (C=O) groups is 1. The van der Waals surface area contributed by atoms with E-state index >= 15 is 0 Å². The summed E-state index contributed by atoms with van der Waals surface area (Å²) in [7, 11) is 0. The van der Waals surface area contributed by atoms with Crippen molar-refractivity contribution < 1.29 is 9.21 Å². The van der Waals surface area contributed by atoms with Crippen molar-refractivity contribution in [2.75, 3.05) is 0 Å². The van der Waals surface area contributed by atoms with Crippen LogP contribution in [-0.2, 0) is 12.8 Å². The van der Waals surface area contributed by atoms with Gasteiger partial charge in [-0.15, -0.1) is 11.3 Å². The number of nitrogens with zero attached hydrogens (tertiary/aromatic N) is 1. The lowest BCUT2D eigenvalue weighted by atomic mass is 10.1. The van der Waals surface area contributed by atoms with Crippen LogP contribution >= 0.6 is 11.3 Å². The Bertz CT molecular complexity index is 992. The number of aryl methyl sites for hydroxylation is 4. The highest BCUT2D eigenvalue weighted by molar-refractivity contribution is 7.09. The molecular formula is C21H22N2O3S. The Morgan fingerprint density at radius 1 is 1.22 bits per heavy atom. The van der Waals surface area contributed by atoms with Gasteiger partial charge in [-0.2, -0.15) is 0 Å². The number of aromatic nitrogens is 1. The summed E-state index contributed by atoms with van der Waals surface area (Å²) in [6, 6.07) is 11.5. The molecule has 3 rings (SSSR count). The zero-order chi connectivity index (χ0) is 19.4. The normalized spacial score (nSPS) is 12.0. The quantitative estimate of drug-likeness (QED) is 0.700. The molecule has 2 aromatic heterocycles. The third-order valence-corrected chi connectivity index (χ3v) is 5.43. The van der Waals surface area contributed by atoms with Crippen LogP contribution in [0.2, 0.25) is 0 Å². The predicted molar refractivity (Wildman–Crippen MR) is 106 cm³/mol. The molecule has 0 radical (unpaired) electrons. The summed E-state index contributed by atoms with van der Waals surface area (Å²) in [5, 5.41) is 5.57. The van der Waals surface area contributed by atoms with Crippen molar-refractivity contribution in [3.8, 4) is 0 Å². The lowest BCUT2D eigenvalue weighted by Crippen LogP contribution is -2.31. The van der Waals surface area contributed by atoms with Crippen LogP contribution in [0, 0.1) is 13.8 Å². The molecule has 140 valence electrons. The summed E-state index contributed by atoms with van der Waals surface area (Å²) in [5.74, 6) is 0.151. The Hall–Kier alpha value is -2.73. The van der Waals surface area contributed by atoms with E-state index in [2.05, 4.69) is 10.3 Å². The predicted octanol–water partition coefficient (Wildman–Crippen LogP) is 3.99. The van der Waals surface area contributed by atoms with Crippen LogP contribution in [0.25, 0.3) is 0 Å². The Balaban J connectivity index is 1.72. The SMILES string of the molecule is Cc1csc(C(C)NC(=O)c2c(C)cc(CCc3ccccc3)oc2=O)n1.